The van der Waals surface area contributed by atoms with Crippen LogP contribution in [0.1, 0.15) is 5.69 Å². The van der Waals surface area contributed by atoms with E-state index in [0.717, 1.165) is 17.4 Å². The highest BCUT2D eigenvalue weighted by molar-refractivity contribution is 8.18. The highest BCUT2D eigenvalue weighted by Gasteiger charge is 2.30. The average molecular weight is 537 g/mol. The van der Waals surface area contributed by atoms with Gasteiger partial charge in [-0.05, 0) is 42.1 Å². The zero-order valence-electron chi connectivity index (χ0n) is 19.9. The monoisotopic (exact) mass is 536 g/mol. The van der Waals surface area contributed by atoms with E-state index in [0.29, 0.717) is 30.5 Å². The summed E-state index contributed by atoms with van der Waals surface area (Å²) in [7, 11) is -1.71. The van der Waals surface area contributed by atoms with E-state index in [9.17, 15) is 18.0 Å². The van der Waals surface area contributed by atoms with E-state index in [4.69, 9.17) is 4.98 Å². The Balaban J connectivity index is 1.43. The molecule has 1 N–H and O–H groups in total. The van der Waals surface area contributed by atoms with Crippen LogP contribution in [0, 0.1) is 0 Å². The molecule has 2 aromatic carbocycles. The number of hydrogen-bond acceptors (Lipinski definition) is 9. The summed E-state index contributed by atoms with van der Waals surface area (Å²) in [5.74, 6) is 0.545. The quantitative estimate of drug-likeness (QED) is 0.475. The van der Waals surface area contributed by atoms with Gasteiger partial charge in [0.25, 0.3) is 11.1 Å². The van der Waals surface area contributed by atoms with Gasteiger partial charge in [-0.3, -0.25) is 14.9 Å². The molecule has 2 aliphatic rings. The highest BCUT2D eigenvalue weighted by Crippen LogP contribution is 2.29. The second-order valence-electron chi connectivity index (χ2n) is 8.40. The average Bonchev–Trinajstić information content (AvgIpc) is 3.25. The van der Waals surface area contributed by atoms with Crippen molar-refractivity contribution >= 4 is 56.5 Å². The molecule has 0 unspecified atom stereocenters. The number of para-hydroxylation sites is 1. The van der Waals surface area contributed by atoms with Gasteiger partial charge in [-0.15, -0.1) is 0 Å². The first-order valence-electron chi connectivity index (χ1n) is 11.5. The molecular formula is C25H24N6O4S2. The van der Waals surface area contributed by atoms with Gasteiger partial charge in [-0.1, -0.05) is 36.4 Å². The van der Waals surface area contributed by atoms with Crippen molar-refractivity contribution in [3.63, 3.8) is 0 Å². The Morgan fingerprint density at radius 1 is 0.946 bits per heavy atom. The zero-order chi connectivity index (χ0) is 26.0. The Kier molecular flexibility index (Phi) is 6.96. The van der Waals surface area contributed by atoms with E-state index in [2.05, 4.69) is 10.3 Å². The van der Waals surface area contributed by atoms with Gasteiger partial charge in [-0.2, -0.15) is 9.29 Å². The minimum atomic E-state index is -3.59. The first-order valence-corrected chi connectivity index (χ1v) is 13.8. The van der Waals surface area contributed by atoms with E-state index in [1.807, 2.05) is 47.2 Å². The van der Waals surface area contributed by atoms with Crippen LogP contribution in [-0.4, -0.2) is 67.1 Å². The fourth-order valence-electron chi connectivity index (χ4n) is 4.04. The number of hydrogen-bond donors (Lipinski definition) is 1. The van der Waals surface area contributed by atoms with Crippen LogP contribution in [0.3, 0.4) is 0 Å². The number of benzene rings is 2. The number of piperazine rings is 1. The van der Waals surface area contributed by atoms with Crippen LogP contribution in [0.5, 0.6) is 0 Å². The predicted molar refractivity (Wildman–Crippen MR) is 143 cm³/mol. The van der Waals surface area contributed by atoms with Crippen molar-refractivity contribution in [2.45, 2.75) is 4.90 Å². The smallest absolute Gasteiger partial charge is 0.290 e. The lowest BCUT2D eigenvalue weighted by atomic mass is 10.2. The van der Waals surface area contributed by atoms with E-state index < -0.39 is 21.2 Å². The third-order valence-corrected chi connectivity index (χ3v) is 8.75. The molecule has 3 aromatic rings. The number of sulfonamides is 1. The van der Waals surface area contributed by atoms with Crippen molar-refractivity contribution in [1.82, 2.24) is 19.6 Å². The molecule has 10 nitrogen and oxygen atoms in total. The second kappa shape index (κ2) is 10.3. The Labute approximate surface area is 219 Å². The molecule has 2 aliphatic heterocycles. The molecule has 0 atom stereocenters. The molecule has 0 aliphatic carbocycles. The third-order valence-electron chi connectivity index (χ3n) is 6.03. The molecule has 0 spiro atoms. The van der Waals surface area contributed by atoms with Gasteiger partial charge in [0.1, 0.15) is 5.82 Å². The Morgan fingerprint density at radius 3 is 2.22 bits per heavy atom. The summed E-state index contributed by atoms with van der Waals surface area (Å²) in [6.45, 7) is 1.35. The molecule has 2 saturated heterocycles. The van der Waals surface area contributed by atoms with Gasteiger partial charge in [0.15, 0.2) is 0 Å². The topological polar surface area (TPSA) is 116 Å². The SMILES string of the molecule is CN(c1ccccc1)c1cc(C=C2SC(=O)NC2=O)nc(N2CCN(S(=O)(=O)c3ccccc3)CC2)n1. The number of amides is 2. The summed E-state index contributed by atoms with van der Waals surface area (Å²) < 4.78 is 27.5. The van der Waals surface area contributed by atoms with Crippen LogP contribution >= 0.6 is 11.8 Å². The van der Waals surface area contributed by atoms with Crippen LogP contribution in [0.25, 0.3) is 6.08 Å². The largest absolute Gasteiger partial charge is 0.338 e. The molecule has 1 aromatic heterocycles. The van der Waals surface area contributed by atoms with E-state index in [1.165, 1.54) is 4.31 Å². The summed E-state index contributed by atoms with van der Waals surface area (Å²) in [6.07, 6.45) is 1.56. The molecule has 2 amide bonds. The maximum atomic E-state index is 13.0. The lowest BCUT2D eigenvalue weighted by Gasteiger charge is -2.34. The Morgan fingerprint density at radius 2 is 1.59 bits per heavy atom. The van der Waals surface area contributed by atoms with Gasteiger partial charge >= 0.3 is 0 Å². The fourth-order valence-corrected chi connectivity index (χ4v) is 6.15. The molecule has 190 valence electrons. The molecule has 0 saturated carbocycles. The molecular weight excluding hydrogens is 512 g/mol. The van der Waals surface area contributed by atoms with Gasteiger partial charge in [0.2, 0.25) is 16.0 Å². The Bertz CT molecular complexity index is 1460. The molecule has 5 rings (SSSR count). The van der Waals surface area contributed by atoms with Gasteiger partial charge in [-0.25, -0.2) is 13.4 Å². The van der Waals surface area contributed by atoms with Crippen molar-refractivity contribution < 1.29 is 18.0 Å². The van der Waals surface area contributed by atoms with Crippen molar-refractivity contribution in [2.75, 3.05) is 43.0 Å². The molecule has 0 bridgehead atoms. The van der Waals surface area contributed by atoms with Crippen molar-refractivity contribution in [3.8, 4) is 0 Å². The van der Waals surface area contributed by atoms with Crippen LogP contribution in [0.2, 0.25) is 0 Å². The normalized spacial score (nSPS) is 17.8. The summed E-state index contributed by atoms with van der Waals surface area (Å²) in [5, 5.41) is 1.82. The molecule has 0 radical (unpaired) electrons. The van der Waals surface area contributed by atoms with Crippen LogP contribution in [-0.2, 0) is 14.8 Å². The molecule has 12 heteroatoms. The maximum Gasteiger partial charge on any atom is 0.290 e. The predicted octanol–water partition coefficient (Wildman–Crippen LogP) is 3.08. The maximum absolute atomic E-state index is 13.0. The lowest BCUT2D eigenvalue weighted by molar-refractivity contribution is -0.115. The minimum absolute atomic E-state index is 0.252. The van der Waals surface area contributed by atoms with Crippen molar-refractivity contribution in [3.05, 3.63) is 77.3 Å². The number of nitrogens with one attached hydrogen (secondary N) is 1. The summed E-state index contributed by atoms with van der Waals surface area (Å²) in [5.41, 5.74) is 1.38. The number of carbonyl (C=O) groups is 2. The zero-order valence-corrected chi connectivity index (χ0v) is 21.6. The van der Waals surface area contributed by atoms with E-state index in [-0.39, 0.29) is 22.9 Å². The number of rotatable bonds is 6. The number of nitrogens with zero attached hydrogens (tertiary/aromatic N) is 5. The first kappa shape index (κ1) is 24.9. The van der Waals surface area contributed by atoms with Crippen LogP contribution < -0.4 is 15.1 Å². The second-order valence-corrected chi connectivity index (χ2v) is 11.4. The highest BCUT2D eigenvalue weighted by atomic mass is 32.2. The van der Waals surface area contributed by atoms with Gasteiger partial charge < -0.3 is 9.80 Å². The number of imide groups is 1. The summed E-state index contributed by atoms with van der Waals surface area (Å²) in [6, 6.07) is 19.8. The molecule has 2 fully saturated rings. The van der Waals surface area contributed by atoms with Crippen LogP contribution in [0.15, 0.2) is 76.5 Å². The van der Waals surface area contributed by atoms with E-state index in [1.54, 1.807) is 42.5 Å². The number of thioether (sulfide) groups is 1. The van der Waals surface area contributed by atoms with Gasteiger partial charge in [0.05, 0.1) is 15.5 Å². The lowest BCUT2D eigenvalue weighted by Crippen LogP contribution is -2.49. The summed E-state index contributed by atoms with van der Waals surface area (Å²) >= 11 is 0.822. The van der Waals surface area contributed by atoms with Crippen molar-refractivity contribution in [1.29, 1.82) is 0 Å². The number of anilines is 3. The first-order chi connectivity index (χ1) is 17.8. The summed E-state index contributed by atoms with van der Waals surface area (Å²) in [4.78, 5) is 37.5. The minimum Gasteiger partial charge on any atom is -0.338 e. The van der Waals surface area contributed by atoms with Gasteiger partial charge in [0, 0.05) is 45.0 Å². The fraction of sp³-hybridized carbons (Fsp3) is 0.200. The molecule has 3 heterocycles. The van der Waals surface area contributed by atoms with Crippen molar-refractivity contribution in [2.24, 2.45) is 0 Å². The van der Waals surface area contributed by atoms with E-state index >= 15 is 0 Å². The number of aromatic nitrogens is 2. The third kappa shape index (κ3) is 5.36. The van der Waals surface area contributed by atoms with Crippen LogP contribution in [0.4, 0.5) is 22.2 Å². The number of carbonyl (C=O) groups excluding carboxylic acids is 2. The molecule has 37 heavy (non-hydrogen) atoms. The standard InChI is InChI=1S/C25H24N6O4S2/c1-29(19-8-4-2-5-9-19)22-17-18(16-21-23(32)28-25(33)36-21)26-24(27-22)30-12-14-31(15-13-30)37(34,35)20-10-6-3-7-11-20/h2-11,16-17H,12-15H2,1H3,(H,28,32,33). The Hall–Kier alpha value is -3.74.